The number of nitrogens with two attached hydrogens (primary N) is 2. The van der Waals surface area contributed by atoms with Gasteiger partial charge in [0.1, 0.15) is 5.75 Å². The van der Waals surface area contributed by atoms with E-state index in [4.69, 9.17) is 11.5 Å². The zero-order chi connectivity index (χ0) is 13.1. The van der Waals surface area contributed by atoms with E-state index in [0.29, 0.717) is 12.2 Å². The zero-order valence-corrected chi connectivity index (χ0v) is 10.3. The van der Waals surface area contributed by atoms with Crippen LogP contribution in [0.2, 0.25) is 0 Å². The number of carbonyl (C=O) groups is 1. The molecule has 98 valence electrons. The van der Waals surface area contributed by atoms with Crippen molar-refractivity contribution in [2.45, 2.75) is 19.4 Å². The smallest absolute Gasteiger partial charge is 0.221 e. The summed E-state index contributed by atoms with van der Waals surface area (Å²) < 4.78 is 0. The minimum atomic E-state index is -0.218. The lowest BCUT2D eigenvalue weighted by molar-refractivity contribution is -0.123. The Morgan fingerprint density at radius 1 is 1.50 bits per heavy atom. The summed E-state index contributed by atoms with van der Waals surface area (Å²) in [5.41, 5.74) is 12.4. The fourth-order valence-corrected chi connectivity index (χ4v) is 2.39. The third-order valence-corrected chi connectivity index (χ3v) is 3.41. The van der Waals surface area contributed by atoms with Gasteiger partial charge in [0.05, 0.1) is 11.6 Å². The first kappa shape index (κ1) is 12.7. The molecule has 1 aromatic carbocycles. The first-order valence-electron chi connectivity index (χ1n) is 6.15. The van der Waals surface area contributed by atoms with Gasteiger partial charge in [-0.05, 0) is 37.1 Å². The van der Waals surface area contributed by atoms with E-state index >= 15 is 0 Å². The molecule has 5 heteroatoms. The molecule has 1 aromatic rings. The molecule has 0 radical (unpaired) electrons. The summed E-state index contributed by atoms with van der Waals surface area (Å²) in [5.74, 6) is -0.162. The van der Waals surface area contributed by atoms with Gasteiger partial charge in [0.15, 0.2) is 0 Å². The van der Waals surface area contributed by atoms with E-state index in [-0.39, 0.29) is 17.6 Å². The highest BCUT2D eigenvalue weighted by Crippen LogP contribution is 2.23. The summed E-state index contributed by atoms with van der Waals surface area (Å²) in [4.78, 5) is 13.4. The molecule has 5 N–H and O–H groups in total. The number of rotatable bonds is 3. The van der Waals surface area contributed by atoms with Crippen molar-refractivity contribution in [2.75, 3.05) is 18.8 Å². The number of piperidine rings is 1. The number of phenols is 1. The van der Waals surface area contributed by atoms with E-state index in [0.717, 1.165) is 31.5 Å². The number of nitrogen functional groups attached to an aromatic ring is 1. The molecule has 1 aliphatic heterocycles. The van der Waals surface area contributed by atoms with Crippen LogP contribution in [0.4, 0.5) is 5.69 Å². The number of anilines is 1. The van der Waals surface area contributed by atoms with Crippen LogP contribution in [-0.2, 0) is 11.3 Å². The number of nitrogens with zero attached hydrogens (tertiary/aromatic N) is 1. The van der Waals surface area contributed by atoms with Crippen LogP contribution < -0.4 is 11.5 Å². The number of phenolic OH excluding ortho intramolecular Hbond substituents is 1. The quantitative estimate of drug-likeness (QED) is 0.542. The summed E-state index contributed by atoms with van der Waals surface area (Å²) in [6.07, 6.45) is 1.87. The van der Waals surface area contributed by atoms with Crippen LogP contribution in [0.5, 0.6) is 5.75 Å². The Kier molecular flexibility index (Phi) is 3.72. The predicted octanol–water partition coefficient (Wildman–Crippen LogP) is 0.672. The Hall–Kier alpha value is -1.75. The molecular weight excluding hydrogens is 230 g/mol. The van der Waals surface area contributed by atoms with Crippen molar-refractivity contribution in [3.8, 4) is 5.75 Å². The van der Waals surface area contributed by atoms with Gasteiger partial charge in [-0.15, -0.1) is 0 Å². The molecule has 1 atom stereocenters. The fourth-order valence-electron chi connectivity index (χ4n) is 2.39. The Bertz CT molecular complexity index is 448. The lowest BCUT2D eigenvalue weighted by Crippen LogP contribution is -2.40. The van der Waals surface area contributed by atoms with Crippen molar-refractivity contribution in [3.05, 3.63) is 23.8 Å². The Morgan fingerprint density at radius 2 is 2.28 bits per heavy atom. The fraction of sp³-hybridized carbons (Fsp3) is 0.462. The second-order valence-corrected chi connectivity index (χ2v) is 4.87. The lowest BCUT2D eigenvalue weighted by Gasteiger charge is -2.31. The van der Waals surface area contributed by atoms with Gasteiger partial charge in [0.2, 0.25) is 5.91 Å². The predicted molar refractivity (Wildman–Crippen MR) is 69.7 cm³/mol. The third kappa shape index (κ3) is 2.92. The van der Waals surface area contributed by atoms with Crippen LogP contribution in [0.25, 0.3) is 0 Å². The molecule has 1 fully saturated rings. The van der Waals surface area contributed by atoms with Crippen molar-refractivity contribution < 1.29 is 9.90 Å². The number of primary amides is 1. The number of carbonyl (C=O) groups excluding carboxylic acids is 1. The van der Waals surface area contributed by atoms with Crippen LogP contribution >= 0.6 is 0 Å². The number of hydrogen-bond acceptors (Lipinski definition) is 4. The average Bonchev–Trinajstić information content (AvgIpc) is 2.34. The monoisotopic (exact) mass is 249 g/mol. The van der Waals surface area contributed by atoms with Crippen LogP contribution in [0.3, 0.4) is 0 Å². The lowest BCUT2D eigenvalue weighted by atomic mass is 9.97. The summed E-state index contributed by atoms with van der Waals surface area (Å²) in [5, 5.41) is 9.36. The summed E-state index contributed by atoms with van der Waals surface area (Å²) in [7, 11) is 0. The standard InChI is InChI=1S/C13H19N3O2/c14-11-6-9(3-4-12(11)17)7-16-5-1-2-10(8-16)13(15)18/h3-4,6,10,17H,1-2,5,7-8,14H2,(H2,15,18). The van der Waals surface area contributed by atoms with Gasteiger partial charge in [-0.25, -0.2) is 0 Å². The number of aromatic hydroxyl groups is 1. The number of hydrogen-bond donors (Lipinski definition) is 3. The number of amides is 1. The van der Waals surface area contributed by atoms with Crippen molar-refractivity contribution >= 4 is 11.6 Å². The van der Waals surface area contributed by atoms with Gasteiger partial charge in [-0.2, -0.15) is 0 Å². The van der Waals surface area contributed by atoms with Crippen LogP contribution in [-0.4, -0.2) is 29.0 Å². The van der Waals surface area contributed by atoms with E-state index in [1.54, 1.807) is 12.1 Å². The largest absolute Gasteiger partial charge is 0.506 e. The maximum absolute atomic E-state index is 11.2. The second kappa shape index (κ2) is 5.27. The number of likely N-dealkylation sites (tertiary alicyclic amines) is 1. The molecule has 0 spiro atoms. The summed E-state index contributed by atoms with van der Waals surface area (Å²) in [6, 6.07) is 5.21. The topological polar surface area (TPSA) is 92.6 Å². The molecule has 0 aliphatic carbocycles. The van der Waals surface area contributed by atoms with Crippen molar-refractivity contribution in [1.82, 2.24) is 4.90 Å². The second-order valence-electron chi connectivity index (χ2n) is 4.87. The first-order valence-corrected chi connectivity index (χ1v) is 6.15. The molecular formula is C13H19N3O2. The van der Waals surface area contributed by atoms with E-state index in [9.17, 15) is 9.90 Å². The van der Waals surface area contributed by atoms with E-state index < -0.39 is 0 Å². The molecule has 18 heavy (non-hydrogen) atoms. The Labute approximate surface area is 106 Å². The van der Waals surface area contributed by atoms with E-state index in [2.05, 4.69) is 4.90 Å². The zero-order valence-electron chi connectivity index (χ0n) is 10.3. The normalized spacial score (nSPS) is 20.8. The highest BCUT2D eigenvalue weighted by atomic mass is 16.3. The molecule has 1 unspecified atom stereocenters. The Morgan fingerprint density at radius 3 is 2.94 bits per heavy atom. The van der Waals surface area contributed by atoms with Crippen LogP contribution in [0, 0.1) is 5.92 Å². The molecule has 0 aromatic heterocycles. The summed E-state index contributed by atoms with van der Waals surface area (Å²) in [6.45, 7) is 2.40. The van der Waals surface area contributed by atoms with E-state index in [1.165, 1.54) is 0 Å². The van der Waals surface area contributed by atoms with Gasteiger partial charge < -0.3 is 16.6 Å². The highest BCUT2D eigenvalue weighted by molar-refractivity contribution is 5.76. The average molecular weight is 249 g/mol. The summed E-state index contributed by atoms with van der Waals surface area (Å²) >= 11 is 0. The number of benzene rings is 1. The molecule has 1 heterocycles. The molecule has 1 saturated heterocycles. The molecule has 0 bridgehead atoms. The highest BCUT2D eigenvalue weighted by Gasteiger charge is 2.23. The molecule has 2 rings (SSSR count). The van der Waals surface area contributed by atoms with Crippen molar-refractivity contribution in [1.29, 1.82) is 0 Å². The molecule has 5 nitrogen and oxygen atoms in total. The van der Waals surface area contributed by atoms with Gasteiger partial charge >= 0.3 is 0 Å². The van der Waals surface area contributed by atoms with Crippen molar-refractivity contribution in [3.63, 3.8) is 0 Å². The Balaban J connectivity index is 2.00. The van der Waals surface area contributed by atoms with Crippen molar-refractivity contribution in [2.24, 2.45) is 11.7 Å². The first-order chi connectivity index (χ1) is 8.56. The van der Waals surface area contributed by atoms with E-state index in [1.807, 2.05) is 6.07 Å². The van der Waals surface area contributed by atoms with Gasteiger partial charge in [-0.3, -0.25) is 9.69 Å². The molecule has 1 aliphatic rings. The minimum Gasteiger partial charge on any atom is -0.506 e. The van der Waals surface area contributed by atoms with Gasteiger partial charge in [-0.1, -0.05) is 6.07 Å². The van der Waals surface area contributed by atoms with Gasteiger partial charge in [0, 0.05) is 13.1 Å². The minimum absolute atomic E-state index is 0.0480. The van der Waals surface area contributed by atoms with Gasteiger partial charge in [0.25, 0.3) is 0 Å². The molecule has 1 amide bonds. The third-order valence-electron chi connectivity index (χ3n) is 3.41. The maximum atomic E-state index is 11.2. The van der Waals surface area contributed by atoms with Crippen LogP contribution in [0.15, 0.2) is 18.2 Å². The molecule has 0 saturated carbocycles. The SMILES string of the molecule is NC(=O)C1CCCN(Cc2ccc(O)c(N)c2)C1. The maximum Gasteiger partial charge on any atom is 0.221 e. The van der Waals surface area contributed by atoms with Crippen LogP contribution in [0.1, 0.15) is 18.4 Å².